The zero-order valence-electron chi connectivity index (χ0n) is 9.03. The van der Waals surface area contributed by atoms with Gasteiger partial charge in [-0.2, -0.15) is 5.26 Å². The van der Waals surface area contributed by atoms with Crippen molar-refractivity contribution >= 4 is 5.91 Å². The molecule has 1 atom stereocenters. The number of hydrogen-bond acceptors (Lipinski definition) is 4. The zero-order chi connectivity index (χ0) is 11.1. The van der Waals surface area contributed by atoms with Crippen LogP contribution in [0.1, 0.15) is 12.8 Å². The lowest BCUT2D eigenvalue weighted by atomic mass is 10.2. The Morgan fingerprint density at radius 2 is 2.53 bits per heavy atom. The van der Waals surface area contributed by atoms with Crippen LogP contribution in [-0.4, -0.2) is 50.2 Å². The van der Waals surface area contributed by atoms with E-state index in [0.717, 1.165) is 19.4 Å². The van der Waals surface area contributed by atoms with E-state index in [9.17, 15) is 4.79 Å². The van der Waals surface area contributed by atoms with Crippen LogP contribution in [0.3, 0.4) is 0 Å². The van der Waals surface area contributed by atoms with Crippen LogP contribution in [0, 0.1) is 11.3 Å². The van der Waals surface area contributed by atoms with Crippen LogP contribution in [0.2, 0.25) is 0 Å². The van der Waals surface area contributed by atoms with E-state index in [4.69, 9.17) is 10.00 Å². The van der Waals surface area contributed by atoms with Crippen molar-refractivity contribution in [1.82, 2.24) is 10.2 Å². The van der Waals surface area contributed by atoms with Crippen LogP contribution in [0.4, 0.5) is 0 Å². The fraction of sp³-hybridized carbons (Fsp3) is 0.800. The Kier molecular flexibility index (Phi) is 5.08. The van der Waals surface area contributed by atoms with E-state index in [1.54, 1.807) is 7.11 Å². The maximum atomic E-state index is 11.4. The van der Waals surface area contributed by atoms with Gasteiger partial charge in [-0.05, 0) is 12.8 Å². The first-order valence-corrected chi connectivity index (χ1v) is 5.17. The number of carbonyl (C=O) groups excluding carboxylic acids is 1. The summed E-state index contributed by atoms with van der Waals surface area (Å²) in [6, 6.07) is 2.12. The molecule has 5 heteroatoms. The van der Waals surface area contributed by atoms with Crippen molar-refractivity contribution < 1.29 is 9.53 Å². The number of carbonyl (C=O) groups is 1. The number of nitrogens with one attached hydrogen (secondary N) is 1. The minimum Gasteiger partial charge on any atom is -0.383 e. The largest absolute Gasteiger partial charge is 0.383 e. The van der Waals surface area contributed by atoms with Crippen LogP contribution >= 0.6 is 0 Å². The number of rotatable bonds is 5. The predicted octanol–water partition coefficient (Wildman–Crippen LogP) is -0.263. The Morgan fingerprint density at radius 1 is 1.73 bits per heavy atom. The highest BCUT2D eigenvalue weighted by Gasteiger charge is 2.25. The summed E-state index contributed by atoms with van der Waals surface area (Å²) in [5.74, 6) is -0.0331. The summed E-state index contributed by atoms with van der Waals surface area (Å²) in [5.41, 5.74) is 0. The third kappa shape index (κ3) is 3.86. The Morgan fingerprint density at radius 3 is 3.20 bits per heavy atom. The van der Waals surface area contributed by atoms with Crippen molar-refractivity contribution in [3.8, 4) is 6.07 Å². The highest BCUT2D eigenvalue weighted by molar-refractivity contribution is 5.78. The number of amides is 1. The van der Waals surface area contributed by atoms with Crippen molar-refractivity contribution in [3.05, 3.63) is 0 Å². The monoisotopic (exact) mass is 211 g/mol. The summed E-state index contributed by atoms with van der Waals surface area (Å²) >= 11 is 0. The fourth-order valence-electron chi connectivity index (χ4n) is 1.69. The van der Waals surface area contributed by atoms with Crippen molar-refractivity contribution in [2.24, 2.45) is 0 Å². The average Bonchev–Trinajstić information content (AvgIpc) is 2.65. The van der Waals surface area contributed by atoms with E-state index in [2.05, 4.69) is 11.4 Å². The van der Waals surface area contributed by atoms with Crippen LogP contribution in [0.5, 0.6) is 0 Å². The van der Waals surface area contributed by atoms with Gasteiger partial charge in [0.25, 0.3) is 0 Å². The summed E-state index contributed by atoms with van der Waals surface area (Å²) in [6.07, 6.45) is 1.88. The molecule has 0 aromatic heterocycles. The Bertz CT molecular complexity index is 250. The maximum Gasteiger partial charge on any atom is 0.234 e. The molecule has 1 heterocycles. The van der Waals surface area contributed by atoms with Crippen LogP contribution in [0.15, 0.2) is 0 Å². The average molecular weight is 211 g/mol. The summed E-state index contributed by atoms with van der Waals surface area (Å²) < 4.78 is 4.82. The normalized spacial score (nSPS) is 21.2. The molecule has 1 N–H and O–H groups in total. The minimum absolute atomic E-state index is 0.0331. The molecule has 15 heavy (non-hydrogen) atoms. The molecule has 0 radical (unpaired) electrons. The molecule has 0 aromatic carbocycles. The first-order valence-electron chi connectivity index (χ1n) is 5.17. The molecule has 0 spiro atoms. The fourth-order valence-corrected chi connectivity index (χ4v) is 1.69. The van der Waals surface area contributed by atoms with Gasteiger partial charge in [-0.3, -0.25) is 9.69 Å². The molecule has 0 saturated carbocycles. The third-order valence-electron chi connectivity index (χ3n) is 2.49. The van der Waals surface area contributed by atoms with Gasteiger partial charge in [-0.1, -0.05) is 0 Å². The molecule has 1 aliphatic heterocycles. The molecule has 1 saturated heterocycles. The highest BCUT2D eigenvalue weighted by Crippen LogP contribution is 2.15. The van der Waals surface area contributed by atoms with Crippen molar-refractivity contribution in [3.63, 3.8) is 0 Å². The van der Waals surface area contributed by atoms with Crippen molar-refractivity contribution in [2.45, 2.75) is 18.9 Å². The molecule has 1 fully saturated rings. The first kappa shape index (κ1) is 12.0. The number of ether oxygens (including phenoxy) is 1. The number of hydrogen-bond donors (Lipinski definition) is 1. The minimum atomic E-state index is -0.0850. The van der Waals surface area contributed by atoms with Gasteiger partial charge >= 0.3 is 0 Å². The second-order valence-corrected chi connectivity index (χ2v) is 3.60. The summed E-state index contributed by atoms with van der Waals surface area (Å²) in [7, 11) is 1.60. The number of methoxy groups -OCH3 is 1. The smallest absolute Gasteiger partial charge is 0.234 e. The third-order valence-corrected chi connectivity index (χ3v) is 2.49. The summed E-state index contributed by atoms with van der Waals surface area (Å²) in [4.78, 5) is 13.3. The highest BCUT2D eigenvalue weighted by atomic mass is 16.5. The topological polar surface area (TPSA) is 65.4 Å². The Hall–Kier alpha value is -1.12. The molecule has 0 aliphatic carbocycles. The van der Waals surface area contributed by atoms with Gasteiger partial charge in [0.15, 0.2) is 0 Å². The lowest BCUT2D eigenvalue weighted by Gasteiger charge is -2.17. The Labute approximate surface area is 90.0 Å². The zero-order valence-corrected chi connectivity index (χ0v) is 9.03. The quantitative estimate of drug-likeness (QED) is 0.636. The molecule has 1 aliphatic rings. The molecule has 0 aromatic rings. The van der Waals surface area contributed by atoms with Gasteiger partial charge in [0.2, 0.25) is 5.91 Å². The predicted molar refractivity (Wildman–Crippen MR) is 55.1 cm³/mol. The molecule has 5 nitrogen and oxygen atoms in total. The summed E-state index contributed by atoms with van der Waals surface area (Å²) in [6.45, 7) is 2.21. The van der Waals surface area contributed by atoms with Crippen LogP contribution < -0.4 is 5.32 Å². The lowest BCUT2D eigenvalue weighted by Crippen LogP contribution is -2.40. The number of likely N-dealkylation sites (tertiary alicyclic amines) is 1. The standard InChI is InChI=1S/C10H17N3O2/c1-15-6-4-12-10(14)8-13-5-2-3-9(13)7-11/h9H,2-6,8H2,1H3,(H,12,14). The van der Waals surface area contributed by atoms with Gasteiger partial charge in [-0.15, -0.1) is 0 Å². The second kappa shape index (κ2) is 6.38. The molecule has 1 amide bonds. The van der Waals surface area contributed by atoms with Gasteiger partial charge in [-0.25, -0.2) is 0 Å². The van der Waals surface area contributed by atoms with Gasteiger partial charge in [0.1, 0.15) is 0 Å². The molecule has 0 bridgehead atoms. The Balaban J connectivity index is 2.22. The maximum absolute atomic E-state index is 11.4. The van der Waals surface area contributed by atoms with E-state index in [1.165, 1.54) is 0 Å². The van der Waals surface area contributed by atoms with E-state index < -0.39 is 0 Å². The lowest BCUT2D eigenvalue weighted by molar-refractivity contribution is -0.122. The van der Waals surface area contributed by atoms with Crippen molar-refractivity contribution in [2.75, 3.05) is 33.4 Å². The van der Waals surface area contributed by atoms with E-state index in [1.807, 2.05) is 4.90 Å². The molecular formula is C10H17N3O2. The van der Waals surface area contributed by atoms with E-state index in [0.29, 0.717) is 19.7 Å². The SMILES string of the molecule is COCCNC(=O)CN1CCCC1C#N. The first-order chi connectivity index (χ1) is 7.27. The second-order valence-electron chi connectivity index (χ2n) is 3.60. The van der Waals surface area contributed by atoms with Gasteiger partial charge in [0.05, 0.1) is 25.3 Å². The van der Waals surface area contributed by atoms with Gasteiger partial charge < -0.3 is 10.1 Å². The molecular weight excluding hydrogens is 194 g/mol. The van der Waals surface area contributed by atoms with Crippen LogP contribution in [-0.2, 0) is 9.53 Å². The number of nitrogens with zero attached hydrogens (tertiary/aromatic N) is 2. The van der Waals surface area contributed by atoms with Crippen molar-refractivity contribution in [1.29, 1.82) is 5.26 Å². The van der Waals surface area contributed by atoms with E-state index in [-0.39, 0.29) is 11.9 Å². The summed E-state index contributed by atoms with van der Waals surface area (Å²) in [5, 5.41) is 11.6. The molecule has 1 rings (SSSR count). The number of nitriles is 1. The molecule has 84 valence electrons. The molecule has 1 unspecified atom stereocenters. The van der Waals surface area contributed by atoms with Gasteiger partial charge in [0, 0.05) is 20.2 Å². The van der Waals surface area contributed by atoms with Crippen LogP contribution in [0.25, 0.3) is 0 Å². The van der Waals surface area contributed by atoms with E-state index >= 15 is 0 Å².